The van der Waals surface area contributed by atoms with E-state index in [2.05, 4.69) is 30.2 Å². The van der Waals surface area contributed by atoms with Gasteiger partial charge in [0.05, 0.1) is 7.11 Å². The number of methoxy groups -OCH3 is 1. The molecule has 0 aliphatic carbocycles. The number of hydrogen-bond acceptors (Lipinski definition) is 4. The van der Waals surface area contributed by atoms with Crippen molar-refractivity contribution in [1.29, 1.82) is 0 Å². The van der Waals surface area contributed by atoms with Gasteiger partial charge in [0.15, 0.2) is 0 Å². The summed E-state index contributed by atoms with van der Waals surface area (Å²) in [5, 5.41) is 14.8. The lowest BCUT2D eigenvalue weighted by Crippen LogP contribution is -2.23. The highest BCUT2D eigenvalue weighted by molar-refractivity contribution is 6.27. The molecule has 0 amide bonds. The van der Waals surface area contributed by atoms with Crippen molar-refractivity contribution in [3.05, 3.63) is 55.1 Å². The molecule has 0 unspecified atom stereocenters. The van der Waals surface area contributed by atoms with Gasteiger partial charge in [0, 0.05) is 19.6 Å². The van der Waals surface area contributed by atoms with Gasteiger partial charge >= 0.3 is 11.9 Å². The quantitative estimate of drug-likeness (QED) is 0.592. The van der Waals surface area contributed by atoms with Crippen molar-refractivity contribution in [2.24, 2.45) is 0 Å². The van der Waals surface area contributed by atoms with Gasteiger partial charge in [-0.15, -0.1) is 13.2 Å². The van der Waals surface area contributed by atoms with Crippen LogP contribution in [-0.4, -0.2) is 47.3 Å². The molecule has 0 atom stereocenters. The maximum absolute atomic E-state index is 9.10. The fraction of sp³-hybridized carbons (Fsp3) is 0.250. The van der Waals surface area contributed by atoms with Crippen molar-refractivity contribution >= 4 is 11.9 Å². The summed E-state index contributed by atoms with van der Waals surface area (Å²) in [5.41, 5.74) is 1.27. The summed E-state index contributed by atoms with van der Waals surface area (Å²) in [4.78, 5) is 20.5. The predicted octanol–water partition coefficient (Wildman–Crippen LogP) is 2.02. The van der Waals surface area contributed by atoms with Crippen molar-refractivity contribution in [2.75, 3.05) is 20.2 Å². The molecule has 22 heavy (non-hydrogen) atoms. The van der Waals surface area contributed by atoms with Gasteiger partial charge in [-0.3, -0.25) is 4.90 Å². The highest BCUT2D eigenvalue weighted by Crippen LogP contribution is 2.12. The largest absolute Gasteiger partial charge is 0.497 e. The maximum Gasteiger partial charge on any atom is 0.414 e. The maximum atomic E-state index is 9.10. The first-order valence-electron chi connectivity index (χ1n) is 6.47. The molecule has 0 aliphatic heterocycles. The summed E-state index contributed by atoms with van der Waals surface area (Å²) in [6, 6.07) is 8.13. The molecule has 0 radical (unpaired) electrons. The molecule has 1 rings (SSSR count). The van der Waals surface area contributed by atoms with E-state index in [1.165, 1.54) is 5.56 Å². The number of ether oxygens (including phenoxy) is 1. The van der Waals surface area contributed by atoms with Crippen LogP contribution in [0.15, 0.2) is 49.6 Å². The molecule has 0 aromatic heterocycles. The fourth-order valence-corrected chi connectivity index (χ4v) is 1.56. The molecule has 1 aromatic carbocycles. The van der Waals surface area contributed by atoms with Crippen LogP contribution in [0.1, 0.15) is 5.56 Å². The molecule has 0 fully saturated rings. The fourth-order valence-electron chi connectivity index (χ4n) is 1.56. The molecule has 120 valence electrons. The van der Waals surface area contributed by atoms with Crippen LogP contribution in [0, 0.1) is 0 Å². The lowest BCUT2D eigenvalue weighted by molar-refractivity contribution is -0.159. The Morgan fingerprint density at radius 3 is 1.86 bits per heavy atom. The molecule has 0 spiro atoms. The topological polar surface area (TPSA) is 87.1 Å². The average molecular weight is 307 g/mol. The van der Waals surface area contributed by atoms with E-state index in [1.807, 2.05) is 24.3 Å². The smallest absolute Gasteiger partial charge is 0.414 e. The highest BCUT2D eigenvalue weighted by Gasteiger charge is 2.04. The van der Waals surface area contributed by atoms with Gasteiger partial charge in [0.25, 0.3) is 0 Å². The lowest BCUT2D eigenvalue weighted by atomic mass is 10.2. The van der Waals surface area contributed by atoms with E-state index in [-0.39, 0.29) is 0 Å². The van der Waals surface area contributed by atoms with Gasteiger partial charge in [-0.05, 0) is 17.7 Å². The van der Waals surface area contributed by atoms with E-state index in [0.717, 1.165) is 25.4 Å². The third-order valence-electron chi connectivity index (χ3n) is 2.52. The minimum atomic E-state index is -1.82. The van der Waals surface area contributed by atoms with Crippen molar-refractivity contribution < 1.29 is 24.5 Å². The Bertz CT molecular complexity index is 474. The van der Waals surface area contributed by atoms with Crippen molar-refractivity contribution in [1.82, 2.24) is 4.90 Å². The van der Waals surface area contributed by atoms with E-state index < -0.39 is 11.9 Å². The Morgan fingerprint density at radius 2 is 1.55 bits per heavy atom. The summed E-state index contributed by atoms with van der Waals surface area (Å²) in [5.74, 6) is -2.76. The minimum Gasteiger partial charge on any atom is -0.497 e. The number of hydrogen-bond donors (Lipinski definition) is 2. The van der Waals surface area contributed by atoms with Crippen molar-refractivity contribution in [3.8, 4) is 5.75 Å². The molecular weight excluding hydrogens is 286 g/mol. The number of aliphatic carboxylic acids is 2. The van der Waals surface area contributed by atoms with Gasteiger partial charge < -0.3 is 14.9 Å². The van der Waals surface area contributed by atoms with Crippen molar-refractivity contribution in [2.45, 2.75) is 6.54 Å². The van der Waals surface area contributed by atoms with Crippen LogP contribution in [0.3, 0.4) is 0 Å². The zero-order valence-electron chi connectivity index (χ0n) is 12.6. The van der Waals surface area contributed by atoms with Gasteiger partial charge in [-0.2, -0.15) is 0 Å². The first-order chi connectivity index (χ1) is 10.4. The third kappa shape index (κ3) is 8.55. The van der Waals surface area contributed by atoms with Gasteiger partial charge in [-0.1, -0.05) is 24.3 Å². The molecule has 0 heterocycles. The number of carboxylic acids is 2. The Kier molecular flexibility index (Phi) is 9.79. The number of rotatable bonds is 7. The highest BCUT2D eigenvalue weighted by atomic mass is 16.5. The lowest BCUT2D eigenvalue weighted by Gasteiger charge is -2.18. The number of carbonyl (C=O) groups is 2. The normalized spacial score (nSPS) is 9.36. The number of carboxylic acid groups (broad SMARTS) is 2. The predicted molar refractivity (Wildman–Crippen MR) is 83.9 cm³/mol. The molecule has 2 N–H and O–H groups in total. The summed E-state index contributed by atoms with van der Waals surface area (Å²) in [6.07, 6.45) is 3.82. The van der Waals surface area contributed by atoms with E-state index in [4.69, 9.17) is 24.5 Å². The van der Waals surface area contributed by atoms with Crippen LogP contribution in [0.4, 0.5) is 0 Å². The van der Waals surface area contributed by atoms with E-state index >= 15 is 0 Å². The van der Waals surface area contributed by atoms with Crippen LogP contribution in [0.5, 0.6) is 5.75 Å². The molecular formula is C16H21NO5. The molecule has 6 heteroatoms. The Hall–Kier alpha value is -2.60. The first-order valence-corrected chi connectivity index (χ1v) is 6.47. The standard InChI is InChI=1S/C14H19NO.C2H2O4/c1-4-10-15(11-5-2)12-13-6-8-14(16-3)9-7-13;3-1(4)2(5)6/h4-9H,1-2,10-12H2,3H3;(H,3,4)(H,5,6). The summed E-state index contributed by atoms with van der Waals surface area (Å²) < 4.78 is 5.12. The van der Waals surface area contributed by atoms with Crippen LogP contribution in [0.2, 0.25) is 0 Å². The van der Waals surface area contributed by atoms with Crippen LogP contribution >= 0.6 is 0 Å². The van der Waals surface area contributed by atoms with Crippen molar-refractivity contribution in [3.63, 3.8) is 0 Å². The number of nitrogens with zero attached hydrogens (tertiary/aromatic N) is 1. The SMILES string of the molecule is C=CCN(CC=C)Cc1ccc(OC)cc1.O=C(O)C(=O)O. The number of benzene rings is 1. The monoisotopic (exact) mass is 307 g/mol. The summed E-state index contributed by atoms with van der Waals surface area (Å²) >= 11 is 0. The Balaban J connectivity index is 0.000000626. The first kappa shape index (κ1) is 19.4. The Morgan fingerprint density at radius 1 is 1.09 bits per heavy atom. The van der Waals surface area contributed by atoms with Gasteiger partial charge in [-0.25, -0.2) is 9.59 Å². The van der Waals surface area contributed by atoms with E-state index in [9.17, 15) is 0 Å². The zero-order chi connectivity index (χ0) is 17.0. The van der Waals surface area contributed by atoms with E-state index in [0.29, 0.717) is 0 Å². The molecule has 0 aliphatic rings. The minimum absolute atomic E-state index is 0.873. The van der Waals surface area contributed by atoms with Gasteiger partial charge in [0.2, 0.25) is 0 Å². The average Bonchev–Trinajstić information content (AvgIpc) is 2.49. The van der Waals surface area contributed by atoms with E-state index in [1.54, 1.807) is 7.11 Å². The second-order valence-electron chi connectivity index (χ2n) is 4.23. The second-order valence-corrected chi connectivity index (χ2v) is 4.23. The van der Waals surface area contributed by atoms with Crippen LogP contribution < -0.4 is 4.74 Å². The summed E-state index contributed by atoms with van der Waals surface area (Å²) in [6.45, 7) is 10.2. The summed E-state index contributed by atoms with van der Waals surface area (Å²) in [7, 11) is 1.68. The molecule has 0 saturated heterocycles. The van der Waals surface area contributed by atoms with Crippen LogP contribution in [0.25, 0.3) is 0 Å². The third-order valence-corrected chi connectivity index (χ3v) is 2.52. The molecule has 6 nitrogen and oxygen atoms in total. The molecule has 0 saturated carbocycles. The molecule has 0 bridgehead atoms. The van der Waals surface area contributed by atoms with Gasteiger partial charge in [0.1, 0.15) is 5.75 Å². The van der Waals surface area contributed by atoms with Crippen LogP contribution in [-0.2, 0) is 16.1 Å². The molecule has 1 aromatic rings. The zero-order valence-corrected chi connectivity index (χ0v) is 12.6. The Labute approximate surface area is 129 Å². The second kappa shape index (κ2) is 11.1.